The minimum absolute atomic E-state index is 0.175. The number of hydrogen-bond donors (Lipinski definition) is 2. The fourth-order valence-corrected chi connectivity index (χ4v) is 2.89. The first-order valence-corrected chi connectivity index (χ1v) is 6.91. The molecule has 102 valence electrons. The second-order valence-electron chi connectivity index (χ2n) is 4.61. The molecule has 0 amide bonds. The van der Waals surface area contributed by atoms with E-state index in [1.54, 1.807) is 6.07 Å². The van der Waals surface area contributed by atoms with Gasteiger partial charge in [-0.2, -0.15) is 4.98 Å². The van der Waals surface area contributed by atoms with Crippen LogP contribution in [-0.4, -0.2) is 9.97 Å². The zero-order valence-electron chi connectivity index (χ0n) is 11.1. The second-order valence-corrected chi connectivity index (χ2v) is 5.85. The smallest absolute Gasteiger partial charge is 0.223 e. The average molecular weight is 288 g/mol. The number of nitrogens with one attached hydrogen (secondary N) is 1. The van der Waals surface area contributed by atoms with Gasteiger partial charge in [-0.1, -0.05) is 6.07 Å². The first kappa shape index (κ1) is 12.8. The highest BCUT2D eigenvalue weighted by Crippen LogP contribution is 2.31. The summed E-state index contributed by atoms with van der Waals surface area (Å²) in [6.45, 7) is 3.83. The SMILES string of the molecule is Cc1ccc(Nc2nc(N)nc3sc(C)cc23)c(F)c1. The van der Waals surface area contributed by atoms with Gasteiger partial charge in [0.2, 0.25) is 5.95 Å². The van der Waals surface area contributed by atoms with E-state index < -0.39 is 0 Å². The summed E-state index contributed by atoms with van der Waals surface area (Å²) in [6, 6.07) is 6.97. The number of thiophene rings is 1. The molecule has 0 saturated carbocycles. The molecule has 4 nitrogen and oxygen atoms in total. The van der Waals surface area contributed by atoms with E-state index >= 15 is 0 Å². The summed E-state index contributed by atoms with van der Waals surface area (Å²) < 4.78 is 13.9. The molecular formula is C14H13FN4S. The van der Waals surface area contributed by atoms with Crippen molar-refractivity contribution in [1.29, 1.82) is 0 Å². The van der Waals surface area contributed by atoms with Crippen LogP contribution in [0.15, 0.2) is 24.3 Å². The standard InChI is InChI=1S/C14H13FN4S/c1-7-3-4-11(10(15)5-7)17-12-9-6-8(2)20-13(9)19-14(16)18-12/h3-6H,1-2H3,(H3,16,17,18,19). The molecule has 6 heteroatoms. The Kier molecular flexibility index (Phi) is 3.02. The molecule has 3 aromatic rings. The quantitative estimate of drug-likeness (QED) is 0.753. The lowest BCUT2D eigenvalue weighted by atomic mass is 10.2. The van der Waals surface area contributed by atoms with Crippen LogP contribution in [0.4, 0.5) is 21.8 Å². The van der Waals surface area contributed by atoms with Crippen LogP contribution in [0.3, 0.4) is 0 Å². The van der Waals surface area contributed by atoms with Gasteiger partial charge in [0.1, 0.15) is 16.5 Å². The summed E-state index contributed by atoms with van der Waals surface area (Å²) >= 11 is 1.53. The normalized spacial score (nSPS) is 10.9. The van der Waals surface area contributed by atoms with E-state index in [4.69, 9.17) is 5.73 Å². The maximum Gasteiger partial charge on any atom is 0.223 e. The number of hydrogen-bond acceptors (Lipinski definition) is 5. The summed E-state index contributed by atoms with van der Waals surface area (Å²) in [4.78, 5) is 10.3. The van der Waals surface area contributed by atoms with Crippen LogP contribution in [0.5, 0.6) is 0 Å². The Labute approximate surface area is 119 Å². The van der Waals surface area contributed by atoms with E-state index in [2.05, 4.69) is 15.3 Å². The molecule has 0 fully saturated rings. The van der Waals surface area contributed by atoms with Crippen molar-refractivity contribution in [2.24, 2.45) is 0 Å². The Morgan fingerprint density at radius 3 is 2.75 bits per heavy atom. The minimum atomic E-state index is -0.317. The Morgan fingerprint density at radius 2 is 2.00 bits per heavy atom. The molecule has 0 spiro atoms. The molecule has 0 atom stereocenters. The maximum absolute atomic E-state index is 13.9. The summed E-state index contributed by atoms with van der Waals surface area (Å²) in [5, 5.41) is 3.85. The van der Waals surface area contributed by atoms with E-state index in [1.807, 2.05) is 26.0 Å². The number of nitrogens with two attached hydrogens (primary N) is 1. The second kappa shape index (κ2) is 4.72. The van der Waals surface area contributed by atoms with Crippen molar-refractivity contribution < 1.29 is 4.39 Å². The van der Waals surface area contributed by atoms with E-state index in [1.165, 1.54) is 17.4 Å². The molecule has 20 heavy (non-hydrogen) atoms. The molecule has 3 rings (SSSR count). The number of halogens is 1. The largest absolute Gasteiger partial charge is 0.368 e. The number of nitrogen functional groups attached to an aromatic ring is 1. The molecule has 0 unspecified atom stereocenters. The molecule has 3 N–H and O–H groups in total. The van der Waals surface area contributed by atoms with Gasteiger partial charge in [-0.25, -0.2) is 9.37 Å². The van der Waals surface area contributed by atoms with Crippen LogP contribution in [0.25, 0.3) is 10.2 Å². The van der Waals surface area contributed by atoms with Crippen molar-refractivity contribution in [3.63, 3.8) is 0 Å². The number of aryl methyl sites for hydroxylation is 2. The Balaban J connectivity index is 2.10. The van der Waals surface area contributed by atoms with Gasteiger partial charge in [0.05, 0.1) is 11.1 Å². The zero-order chi connectivity index (χ0) is 14.3. The monoisotopic (exact) mass is 288 g/mol. The van der Waals surface area contributed by atoms with Crippen molar-refractivity contribution in [2.45, 2.75) is 13.8 Å². The van der Waals surface area contributed by atoms with Gasteiger partial charge >= 0.3 is 0 Å². The molecule has 2 aromatic heterocycles. The number of aromatic nitrogens is 2. The van der Waals surface area contributed by atoms with E-state index in [0.29, 0.717) is 11.5 Å². The van der Waals surface area contributed by atoms with E-state index in [0.717, 1.165) is 20.7 Å². The highest BCUT2D eigenvalue weighted by molar-refractivity contribution is 7.18. The van der Waals surface area contributed by atoms with Gasteiger partial charge in [0.15, 0.2) is 0 Å². The highest BCUT2D eigenvalue weighted by Gasteiger charge is 2.11. The Morgan fingerprint density at radius 1 is 1.20 bits per heavy atom. The third-order valence-corrected chi connectivity index (χ3v) is 3.86. The van der Waals surface area contributed by atoms with Gasteiger partial charge < -0.3 is 11.1 Å². The molecule has 2 heterocycles. The maximum atomic E-state index is 13.9. The number of benzene rings is 1. The Bertz CT molecular complexity index is 797. The molecule has 1 aromatic carbocycles. The lowest BCUT2D eigenvalue weighted by Gasteiger charge is -2.08. The summed E-state index contributed by atoms with van der Waals surface area (Å²) in [7, 11) is 0. The van der Waals surface area contributed by atoms with Crippen molar-refractivity contribution in [3.05, 3.63) is 40.5 Å². The van der Waals surface area contributed by atoms with Gasteiger partial charge in [-0.3, -0.25) is 0 Å². The summed E-state index contributed by atoms with van der Waals surface area (Å²) in [5.74, 6) is 0.385. The molecule has 0 saturated heterocycles. The van der Waals surface area contributed by atoms with Crippen LogP contribution < -0.4 is 11.1 Å². The van der Waals surface area contributed by atoms with E-state index in [9.17, 15) is 4.39 Å². The van der Waals surface area contributed by atoms with Crippen molar-refractivity contribution in [2.75, 3.05) is 11.1 Å². The highest BCUT2D eigenvalue weighted by atomic mass is 32.1. The molecule has 0 aliphatic rings. The van der Waals surface area contributed by atoms with Gasteiger partial charge in [0.25, 0.3) is 0 Å². The van der Waals surface area contributed by atoms with Crippen molar-refractivity contribution in [1.82, 2.24) is 9.97 Å². The Hall–Kier alpha value is -2.21. The molecule has 0 aliphatic carbocycles. The van der Waals surface area contributed by atoms with Gasteiger partial charge in [-0.15, -0.1) is 11.3 Å². The number of fused-ring (bicyclic) bond motifs is 1. The fraction of sp³-hybridized carbons (Fsp3) is 0.143. The third-order valence-electron chi connectivity index (χ3n) is 2.91. The van der Waals surface area contributed by atoms with Crippen LogP contribution in [0, 0.1) is 19.7 Å². The lowest BCUT2D eigenvalue weighted by molar-refractivity contribution is 0.630. The minimum Gasteiger partial charge on any atom is -0.368 e. The van der Waals surface area contributed by atoms with Crippen molar-refractivity contribution in [3.8, 4) is 0 Å². The van der Waals surface area contributed by atoms with Gasteiger partial charge in [-0.05, 0) is 37.6 Å². The molecule has 0 bridgehead atoms. The zero-order valence-corrected chi connectivity index (χ0v) is 11.9. The number of rotatable bonds is 2. The third kappa shape index (κ3) is 2.30. The van der Waals surface area contributed by atoms with Crippen molar-refractivity contribution >= 4 is 39.0 Å². The molecule has 0 aliphatic heterocycles. The summed E-state index contributed by atoms with van der Waals surface area (Å²) in [6.07, 6.45) is 0. The van der Waals surface area contributed by atoms with Crippen LogP contribution in [0.1, 0.15) is 10.4 Å². The predicted octanol–water partition coefficient (Wildman–Crippen LogP) is 3.77. The fourth-order valence-electron chi connectivity index (χ4n) is 2.00. The van der Waals surface area contributed by atoms with Crippen LogP contribution in [-0.2, 0) is 0 Å². The van der Waals surface area contributed by atoms with Gasteiger partial charge in [0, 0.05) is 4.88 Å². The lowest BCUT2D eigenvalue weighted by Crippen LogP contribution is -2.01. The van der Waals surface area contributed by atoms with E-state index in [-0.39, 0.29) is 11.8 Å². The average Bonchev–Trinajstić information content (AvgIpc) is 2.73. The molecule has 0 radical (unpaired) electrons. The topological polar surface area (TPSA) is 63.8 Å². The summed E-state index contributed by atoms with van der Waals surface area (Å²) in [5.41, 5.74) is 6.94. The first-order valence-electron chi connectivity index (χ1n) is 6.10. The molecular weight excluding hydrogens is 275 g/mol. The predicted molar refractivity (Wildman–Crippen MR) is 81.0 cm³/mol. The number of anilines is 3. The first-order chi connectivity index (χ1) is 9.52. The van der Waals surface area contributed by atoms with Crippen LogP contribution >= 0.6 is 11.3 Å². The number of nitrogens with zero attached hydrogens (tertiary/aromatic N) is 2. The van der Waals surface area contributed by atoms with Crippen LogP contribution in [0.2, 0.25) is 0 Å².